The number of aliphatic hydroxyl groups is 1. The minimum atomic E-state index is 0.0766. The fourth-order valence-electron chi connectivity index (χ4n) is 1.56. The predicted molar refractivity (Wildman–Crippen MR) is 72.4 cm³/mol. The minimum Gasteiger partial charge on any atom is -0.396 e. The van der Waals surface area contributed by atoms with E-state index in [-0.39, 0.29) is 18.1 Å². The summed E-state index contributed by atoms with van der Waals surface area (Å²) in [5.74, 6) is 0.817. The highest BCUT2D eigenvalue weighted by Crippen LogP contribution is 2.25. The van der Waals surface area contributed by atoms with E-state index in [1.807, 2.05) is 12.3 Å². The van der Waals surface area contributed by atoms with Gasteiger partial charge >= 0.3 is 0 Å². The van der Waals surface area contributed by atoms with Crippen LogP contribution in [0.3, 0.4) is 0 Å². The predicted octanol–water partition coefficient (Wildman–Crippen LogP) is 2.41. The van der Waals surface area contributed by atoms with Crippen LogP contribution < -0.4 is 5.32 Å². The lowest BCUT2D eigenvalue weighted by Gasteiger charge is -2.31. The van der Waals surface area contributed by atoms with Crippen LogP contribution in [0, 0.1) is 5.41 Å². The highest BCUT2D eigenvalue weighted by molar-refractivity contribution is 7.98. The van der Waals surface area contributed by atoms with E-state index in [1.54, 1.807) is 18.1 Å². The number of hydrogen-bond donors (Lipinski definition) is 2. The van der Waals surface area contributed by atoms with Gasteiger partial charge in [-0.05, 0) is 18.1 Å². The molecule has 0 aliphatic heterocycles. The summed E-state index contributed by atoms with van der Waals surface area (Å²) in [4.78, 5) is 8.34. The number of nitrogens with zero attached hydrogens (tertiary/aromatic N) is 2. The van der Waals surface area contributed by atoms with Crippen LogP contribution in [0.5, 0.6) is 0 Å². The molecule has 5 heteroatoms. The van der Waals surface area contributed by atoms with Gasteiger partial charge in [0.15, 0.2) is 0 Å². The molecule has 0 aromatic carbocycles. The maximum absolute atomic E-state index is 9.10. The largest absolute Gasteiger partial charge is 0.396 e. The van der Waals surface area contributed by atoms with Crippen LogP contribution in [-0.2, 0) is 0 Å². The van der Waals surface area contributed by atoms with Crippen LogP contribution in [0.1, 0.15) is 27.2 Å². The molecule has 0 aliphatic carbocycles. The van der Waals surface area contributed by atoms with Crippen molar-refractivity contribution in [3.8, 4) is 0 Å². The Balaban J connectivity index is 2.78. The molecule has 1 aromatic heterocycles. The summed E-state index contributed by atoms with van der Waals surface area (Å²) in [5, 5.41) is 13.4. The zero-order chi connectivity index (χ0) is 12.9. The van der Waals surface area contributed by atoms with Gasteiger partial charge in [-0.2, -0.15) is 0 Å². The van der Waals surface area contributed by atoms with Crippen LogP contribution in [0.15, 0.2) is 17.4 Å². The quantitative estimate of drug-likeness (QED) is 0.625. The third kappa shape index (κ3) is 4.52. The van der Waals surface area contributed by atoms with Gasteiger partial charge in [-0.15, -0.1) is 11.8 Å². The first-order valence-corrected chi connectivity index (χ1v) is 6.93. The van der Waals surface area contributed by atoms with Gasteiger partial charge < -0.3 is 10.4 Å². The zero-order valence-corrected chi connectivity index (χ0v) is 11.7. The van der Waals surface area contributed by atoms with E-state index in [0.717, 1.165) is 10.8 Å². The molecule has 0 aliphatic rings. The second-order valence-corrected chi connectivity index (χ2v) is 5.85. The van der Waals surface area contributed by atoms with Crippen molar-refractivity contribution in [2.75, 3.05) is 18.2 Å². The molecule has 0 bridgehead atoms. The van der Waals surface area contributed by atoms with Gasteiger partial charge in [0.05, 0.1) is 0 Å². The molecule has 17 heavy (non-hydrogen) atoms. The van der Waals surface area contributed by atoms with Crippen LogP contribution >= 0.6 is 11.8 Å². The lowest BCUT2D eigenvalue weighted by atomic mass is 9.85. The summed E-state index contributed by atoms with van der Waals surface area (Å²) in [5.41, 5.74) is 0.0766. The van der Waals surface area contributed by atoms with Gasteiger partial charge in [0.25, 0.3) is 0 Å². The average molecular weight is 255 g/mol. The molecule has 0 fully saturated rings. The lowest BCUT2D eigenvalue weighted by molar-refractivity contribution is 0.235. The van der Waals surface area contributed by atoms with Crippen molar-refractivity contribution in [3.63, 3.8) is 0 Å². The van der Waals surface area contributed by atoms with E-state index >= 15 is 0 Å². The first-order chi connectivity index (χ1) is 7.97. The third-order valence-corrected chi connectivity index (χ3v) is 3.28. The van der Waals surface area contributed by atoms with Crippen molar-refractivity contribution >= 4 is 17.6 Å². The monoisotopic (exact) mass is 255 g/mol. The Hall–Kier alpha value is -0.810. The lowest BCUT2D eigenvalue weighted by Crippen LogP contribution is -2.35. The second kappa shape index (κ2) is 6.21. The van der Waals surface area contributed by atoms with E-state index in [0.29, 0.717) is 6.42 Å². The van der Waals surface area contributed by atoms with E-state index in [9.17, 15) is 0 Å². The normalized spacial score (nSPS) is 13.5. The molecule has 0 saturated carbocycles. The molecule has 1 heterocycles. The topological polar surface area (TPSA) is 58.0 Å². The zero-order valence-electron chi connectivity index (χ0n) is 10.9. The van der Waals surface area contributed by atoms with E-state index in [1.165, 1.54) is 0 Å². The summed E-state index contributed by atoms with van der Waals surface area (Å²) >= 11 is 1.59. The van der Waals surface area contributed by atoms with Crippen LogP contribution in [0.2, 0.25) is 0 Å². The van der Waals surface area contributed by atoms with Crippen LogP contribution in [0.4, 0.5) is 5.82 Å². The molecular weight excluding hydrogens is 234 g/mol. The Morgan fingerprint density at radius 1 is 1.41 bits per heavy atom. The first kappa shape index (κ1) is 14.3. The SMILES string of the molecule is CSc1cc(NC(CCO)C(C)(C)C)ncn1. The molecule has 1 aromatic rings. The van der Waals surface area contributed by atoms with Gasteiger partial charge in [0.2, 0.25) is 0 Å². The smallest absolute Gasteiger partial charge is 0.130 e. The van der Waals surface area contributed by atoms with Crippen LogP contribution in [0.25, 0.3) is 0 Å². The van der Waals surface area contributed by atoms with Crippen molar-refractivity contribution < 1.29 is 5.11 Å². The van der Waals surface area contributed by atoms with Gasteiger partial charge in [-0.25, -0.2) is 9.97 Å². The van der Waals surface area contributed by atoms with E-state index in [2.05, 4.69) is 36.1 Å². The molecule has 2 N–H and O–H groups in total. The standard InChI is InChI=1S/C12H21N3OS/c1-12(2,3)9(5-6-16)15-10-7-11(17-4)14-8-13-10/h7-9,16H,5-6H2,1-4H3,(H,13,14,15). The summed E-state index contributed by atoms with van der Waals surface area (Å²) in [6, 6.07) is 2.12. The van der Waals surface area contributed by atoms with Gasteiger partial charge in [0.1, 0.15) is 17.2 Å². The molecule has 1 rings (SSSR count). The number of aliphatic hydroxyl groups excluding tert-OH is 1. The Morgan fingerprint density at radius 2 is 2.12 bits per heavy atom. The molecule has 1 atom stereocenters. The molecule has 96 valence electrons. The molecule has 0 radical (unpaired) electrons. The number of aromatic nitrogens is 2. The molecular formula is C12H21N3OS. The van der Waals surface area contributed by atoms with E-state index in [4.69, 9.17) is 5.11 Å². The number of rotatable bonds is 5. The summed E-state index contributed by atoms with van der Waals surface area (Å²) < 4.78 is 0. The molecule has 0 amide bonds. The van der Waals surface area contributed by atoms with Gasteiger partial charge in [0, 0.05) is 18.7 Å². The van der Waals surface area contributed by atoms with Crippen molar-refractivity contribution in [2.45, 2.75) is 38.3 Å². The van der Waals surface area contributed by atoms with Crippen molar-refractivity contribution in [3.05, 3.63) is 12.4 Å². The fourth-order valence-corrected chi connectivity index (χ4v) is 1.94. The highest BCUT2D eigenvalue weighted by Gasteiger charge is 2.24. The van der Waals surface area contributed by atoms with Gasteiger partial charge in [-0.1, -0.05) is 20.8 Å². The first-order valence-electron chi connectivity index (χ1n) is 5.71. The van der Waals surface area contributed by atoms with Crippen molar-refractivity contribution in [1.82, 2.24) is 9.97 Å². The van der Waals surface area contributed by atoms with E-state index < -0.39 is 0 Å². The third-order valence-electron chi connectivity index (χ3n) is 2.64. The maximum atomic E-state index is 9.10. The van der Waals surface area contributed by atoms with Crippen molar-refractivity contribution in [1.29, 1.82) is 0 Å². The number of thioether (sulfide) groups is 1. The Kier molecular flexibility index (Phi) is 5.21. The van der Waals surface area contributed by atoms with Crippen molar-refractivity contribution in [2.24, 2.45) is 5.41 Å². The Bertz CT molecular complexity index is 352. The second-order valence-electron chi connectivity index (χ2n) is 5.02. The molecule has 4 nitrogen and oxygen atoms in total. The average Bonchev–Trinajstić information content (AvgIpc) is 2.27. The summed E-state index contributed by atoms with van der Waals surface area (Å²) in [6.45, 7) is 6.63. The summed E-state index contributed by atoms with van der Waals surface area (Å²) in [6.07, 6.45) is 4.26. The molecule has 1 unspecified atom stereocenters. The van der Waals surface area contributed by atoms with Gasteiger partial charge in [-0.3, -0.25) is 0 Å². The fraction of sp³-hybridized carbons (Fsp3) is 0.667. The minimum absolute atomic E-state index is 0.0766. The number of anilines is 1. The number of hydrogen-bond acceptors (Lipinski definition) is 5. The highest BCUT2D eigenvalue weighted by atomic mass is 32.2. The maximum Gasteiger partial charge on any atom is 0.130 e. The van der Waals surface area contributed by atoms with Crippen LogP contribution in [-0.4, -0.2) is 34.0 Å². The Labute approximate surface area is 107 Å². The molecule has 0 saturated heterocycles. The Morgan fingerprint density at radius 3 is 2.65 bits per heavy atom. The summed E-state index contributed by atoms with van der Waals surface area (Å²) in [7, 11) is 0. The molecule has 0 spiro atoms. The number of nitrogens with one attached hydrogen (secondary N) is 1.